The van der Waals surface area contributed by atoms with Crippen LogP contribution in [0.3, 0.4) is 0 Å². The molecule has 4 heterocycles. The molecule has 4 aliphatic rings. The number of nitrogens with zero attached hydrogens (tertiary/aromatic N) is 6. The minimum atomic E-state index is -1.02. The number of fused-ring (bicyclic) bond motifs is 1. The fourth-order valence-electron chi connectivity index (χ4n) is 8.54. The maximum Gasteiger partial charge on any atom is 0.264 e. The van der Waals surface area contributed by atoms with Gasteiger partial charge in [0.1, 0.15) is 12.1 Å². The van der Waals surface area contributed by atoms with Crippen molar-refractivity contribution < 1.29 is 24.0 Å². The summed E-state index contributed by atoms with van der Waals surface area (Å²) in [4.78, 5) is 69.7. The van der Waals surface area contributed by atoms with Gasteiger partial charge in [-0.25, -0.2) is 0 Å². The van der Waals surface area contributed by atoms with Crippen LogP contribution in [0, 0.1) is 48.9 Å². The van der Waals surface area contributed by atoms with Crippen molar-refractivity contribution in [2.75, 3.05) is 31.1 Å². The molecule has 58 heavy (non-hydrogen) atoms. The standard InChI is InChI=1S/C45H42ClN7O5/c1-27-28(2)52(49-41(27)33-16-17-34(25-47)36(46)24-33)26-31-10-8-29(9-11-31)6-7-30-12-14-32(15-13-30)43(56)51-22-20-50(21-23-51)37-5-3-4-35-40(37)45(58)53(44(35)57)38-18-19-39(54)48-42(38)55/h3-5,8-11,16-17,24,30,32,38H,12-15,18-23,26H2,1-2H3,(H,48,54,55). The van der Waals surface area contributed by atoms with Gasteiger partial charge in [-0.05, 0) is 93.5 Å². The number of rotatable bonds is 6. The SMILES string of the molecule is Cc1c(-c2ccc(C#N)c(Cl)c2)nn(Cc2ccc(C#CC3CCC(C(=O)N4CCN(c5cccc6c5C(=O)N(C5CCC(=O)NC5=O)C6=O)CC4)CC3)cc2)c1C. The molecule has 1 unspecified atom stereocenters. The lowest BCUT2D eigenvalue weighted by Crippen LogP contribution is -2.54. The number of piperidine rings is 1. The lowest BCUT2D eigenvalue weighted by molar-refractivity contribution is -0.137. The Kier molecular flexibility index (Phi) is 10.6. The monoisotopic (exact) mass is 795 g/mol. The summed E-state index contributed by atoms with van der Waals surface area (Å²) in [5.41, 5.74) is 7.47. The van der Waals surface area contributed by atoms with Gasteiger partial charge >= 0.3 is 0 Å². The summed E-state index contributed by atoms with van der Waals surface area (Å²) in [7, 11) is 0. The number of nitriles is 1. The molecule has 3 fully saturated rings. The van der Waals surface area contributed by atoms with E-state index >= 15 is 0 Å². The Hall–Kier alpha value is -6.24. The van der Waals surface area contributed by atoms with Crippen LogP contribution in [0.1, 0.15) is 87.2 Å². The van der Waals surface area contributed by atoms with Gasteiger partial charge in [-0.3, -0.25) is 38.9 Å². The molecule has 3 aliphatic heterocycles. The molecule has 12 nitrogen and oxygen atoms in total. The summed E-state index contributed by atoms with van der Waals surface area (Å²) < 4.78 is 1.98. The van der Waals surface area contributed by atoms with Crippen molar-refractivity contribution in [3.63, 3.8) is 0 Å². The minimum absolute atomic E-state index is 0.0464. The van der Waals surface area contributed by atoms with E-state index in [-0.39, 0.29) is 41.7 Å². The third-order valence-electron chi connectivity index (χ3n) is 12.0. The number of halogens is 1. The van der Waals surface area contributed by atoms with Gasteiger partial charge in [-0.15, -0.1) is 0 Å². The van der Waals surface area contributed by atoms with Crippen LogP contribution in [-0.2, 0) is 20.9 Å². The third-order valence-corrected chi connectivity index (χ3v) is 12.3. The second-order valence-corrected chi connectivity index (χ2v) is 15.9. The van der Waals surface area contributed by atoms with Crippen molar-refractivity contribution >= 4 is 46.8 Å². The van der Waals surface area contributed by atoms with Gasteiger partial charge in [-0.2, -0.15) is 10.4 Å². The molecule has 0 spiro atoms. The lowest BCUT2D eigenvalue weighted by atomic mass is 9.81. The summed E-state index contributed by atoms with van der Waals surface area (Å²) >= 11 is 6.30. The number of hydrogen-bond acceptors (Lipinski definition) is 8. The highest BCUT2D eigenvalue weighted by Crippen LogP contribution is 2.36. The Labute approximate surface area is 341 Å². The number of benzene rings is 3. The van der Waals surface area contributed by atoms with E-state index in [0.717, 1.165) is 64.2 Å². The van der Waals surface area contributed by atoms with Crippen LogP contribution in [0.4, 0.5) is 5.69 Å². The van der Waals surface area contributed by atoms with Crippen molar-refractivity contribution in [1.29, 1.82) is 5.26 Å². The molecule has 1 aromatic heterocycles. The van der Waals surface area contributed by atoms with Gasteiger partial charge in [0.25, 0.3) is 11.8 Å². The number of hydrogen-bond donors (Lipinski definition) is 1. The van der Waals surface area contributed by atoms with Crippen molar-refractivity contribution in [3.05, 3.63) is 105 Å². The fourth-order valence-corrected chi connectivity index (χ4v) is 8.76. The topological polar surface area (TPSA) is 149 Å². The number of carbonyl (C=O) groups excluding carboxylic acids is 5. The van der Waals surface area contributed by atoms with Gasteiger partial charge in [0.15, 0.2) is 0 Å². The molecule has 4 aromatic rings. The highest BCUT2D eigenvalue weighted by molar-refractivity contribution is 6.32. The maximum absolute atomic E-state index is 13.6. The number of piperazine rings is 1. The largest absolute Gasteiger partial charge is 0.367 e. The molecule has 3 aromatic carbocycles. The Bertz CT molecular complexity index is 2460. The first-order valence-corrected chi connectivity index (χ1v) is 20.1. The van der Waals surface area contributed by atoms with Crippen LogP contribution in [0.2, 0.25) is 5.02 Å². The van der Waals surface area contributed by atoms with Gasteiger partial charge in [0.05, 0.1) is 39.6 Å². The second-order valence-electron chi connectivity index (χ2n) is 15.5. The highest BCUT2D eigenvalue weighted by Gasteiger charge is 2.46. The highest BCUT2D eigenvalue weighted by atomic mass is 35.5. The zero-order valence-electron chi connectivity index (χ0n) is 32.4. The van der Waals surface area contributed by atoms with Crippen LogP contribution in [0.5, 0.6) is 0 Å². The van der Waals surface area contributed by atoms with Crippen molar-refractivity contribution in [1.82, 2.24) is 24.9 Å². The first-order valence-electron chi connectivity index (χ1n) is 19.7. The molecule has 1 saturated carbocycles. The summed E-state index contributed by atoms with van der Waals surface area (Å²) in [5.74, 6) is 5.04. The average molecular weight is 796 g/mol. The van der Waals surface area contributed by atoms with E-state index in [1.807, 2.05) is 52.6 Å². The minimum Gasteiger partial charge on any atom is -0.367 e. The molecule has 2 saturated heterocycles. The Morgan fingerprint density at radius 1 is 0.914 bits per heavy atom. The van der Waals surface area contributed by atoms with Crippen LogP contribution in [-0.4, -0.2) is 81.3 Å². The van der Waals surface area contributed by atoms with E-state index in [0.29, 0.717) is 49.0 Å². The van der Waals surface area contributed by atoms with E-state index in [4.69, 9.17) is 16.7 Å². The summed E-state index contributed by atoms with van der Waals surface area (Å²) in [6.07, 6.45) is 3.47. The molecule has 13 heteroatoms. The quantitative estimate of drug-likeness (QED) is 0.195. The molecule has 5 amide bonds. The second kappa shape index (κ2) is 16.0. The first-order chi connectivity index (χ1) is 28.0. The van der Waals surface area contributed by atoms with Crippen LogP contribution >= 0.6 is 11.6 Å². The average Bonchev–Trinajstić information content (AvgIpc) is 3.66. The number of anilines is 1. The number of amides is 5. The zero-order valence-corrected chi connectivity index (χ0v) is 33.1. The summed E-state index contributed by atoms with van der Waals surface area (Å²) in [5, 5.41) is 16.7. The van der Waals surface area contributed by atoms with Gasteiger partial charge < -0.3 is 9.80 Å². The van der Waals surface area contributed by atoms with Gasteiger partial charge in [0.2, 0.25) is 17.7 Å². The fraction of sp³-hybridized carbons (Fsp3) is 0.356. The molecular formula is C45H42ClN7O5. The van der Waals surface area contributed by atoms with E-state index in [2.05, 4.69) is 35.4 Å². The van der Waals surface area contributed by atoms with E-state index in [9.17, 15) is 29.2 Å². The van der Waals surface area contributed by atoms with Crippen LogP contribution in [0.25, 0.3) is 11.3 Å². The Balaban J connectivity index is 0.826. The molecule has 1 N–H and O–H groups in total. The maximum atomic E-state index is 13.6. The lowest BCUT2D eigenvalue weighted by Gasteiger charge is -2.39. The molecule has 0 bridgehead atoms. The zero-order chi connectivity index (χ0) is 40.7. The molecule has 8 rings (SSSR count). The van der Waals surface area contributed by atoms with Crippen molar-refractivity contribution in [2.45, 2.75) is 65.0 Å². The van der Waals surface area contributed by atoms with Crippen LogP contribution in [0.15, 0.2) is 60.7 Å². The molecular weight excluding hydrogens is 754 g/mol. The van der Waals surface area contributed by atoms with Crippen LogP contribution < -0.4 is 10.2 Å². The predicted molar refractivity (Wildman–Crippen MR) is 217 cm³/mol. The smallest absolute Gasteiger partial charge is 0.264 e. The third kappa shape index (κ3) is 7.36. The number of nitrogens with one attached hydrogen (secondary N) is 1. The first kappa shape index (κ1) is 38.6. The molecule has 294 valence electrons. The molecule has 1 atom stereocenters. The summed E-state index contributed by atoms with van der Waals surface area (Å²) in [6, 6.07) is 19.8. The van der Waals surface area contributed by atoms with Crippen molar-refractivity contribution in [3.8, 4) is 29.2 Å². The van der Waals surface area contributed by atoms with Crippen molar-refractivity contribution in [2.24, 2.45) is 11.8 Å². The van der Waals surface area contributed by atoms with Gasteiger partial charge in [-0.1, -0.05) is 47.7 Å². The van der Waals surface area contributed by atoms with E-state index < -0.39 is 29.7 Å². The summed E-state index contributed by atoms with van der Waals surface area (Å²) in [6.45, 7) is 6.73. The number of imide groups is 2. The molecule has 1 aliphatic carbocycles. The number of aromatic nitrogens is 2. The number of carbonyl (C=O) groups is 5. The molecule has 0 radical (unpaired) electrons. The Morgan fingerprint density at radius 3 is 2.34 bits per heavy atom. The predicted octanol–water partition coefficient (Wildman–Crippen LogP) is 5.65. The van der Waals surface area contributed by atoms with E-state index in [1.165, 1.54) is 0 Å². The van der Waals surface area contributed by atoms with Gasteiger partial charge in [0, 0.05) is 61.3 Å². The Morgan fingerprint density at radius 2 is 1.66 bits per heavy atom. The normalized spacial score (nSPS) is 20.7. The van der Waals surface area contributed by atoms with E-state index in [1.54, 1.807) is 24.3 Å².